The van der Waals surface area contributed by atoms with E-state index in [0.717, 1.165) is 12.3 Å². The van der Waals surface area contributed by atoms with Crippen LogP contribution >= 0.6 is 0 Å². The zero-order chi connectivity index (χ0) is 18.2. The van der Waals surface area contributed by atoms with E-state index in [9.17, 15) is 18.4 Å². The fraction of sp³-hybridized carbons (Fsp3) is 0.250. The minimum atomic E-state index is -4.51. The fourth-order valence-corrected chi connectivity index (χ4v) is 2.35. The lowest BCUT2D eigenvalue weighted by molar-refractivity contribution is -0.137. The monoisotopic (exact) mass is 346 g/mol. The Morgan fingerprint density at radius 2 is 2.00 bits per heavy atom. The van der Waals surface area contributed by atoms with E-state index in [0.29, 0.717) is 11.5 Å². The number of halogens is 3. The number of nitrogens with zero attached hydrogens (tertiary/aromatic N) is 4. The summed E-state index contributed by atoms with van der Waals surface area (Å²) >= 11 is 0. The van der Waals surface area contributed by atoms with Gasteiger partial charge in [0.1, 0.15) is 11.7 Å². The molecular formula is C16H13F3N6. The highest BCUT2D eigenvalue weighted by Crippen LogP contribution is 2.34. The van der Waals surface area contributed by atoms with Crippen LogP contribution in [-0.4, -0.2) is 26.0 Å². The van der Waals surface area contributed by atoms with Crippen LogP contribution in [-0.2, 0) is 6.18 Å². The molecule has 3 rings (SSSR count). The molecule has 0 aliphatic carbocycles. The average molecular weight is 346 g/mol. The lowest BCUT2D eigenvalue weighted by atomic mass is 10.1. The quantitative estimate of drug-likeness (QED) is 0.754. The third kappa shape index (κ3) is 3.24. The van der Waals surface area contributed by atoms with Gasteiger partial charge in [0.25, 0.3) is 0 Å². The summed E-state index contributed by atoms with van der Waals surface area (Å²) in [6, 6.07) is 3.02. The van der Waals surface area contributed by atoms with Crippen LogP contribution in [0, 0.1) is 11.3 Å². The number of H-pyrrole nitrogens is 1. The molecule has 0 fully saturated rings. The first-order valence-corrected chi connectivity index (χ1v) is 7.38. The summed E-state index contributed by atoms with van der Waals surface area (Å²) in [5, 5.41) is 12.5. The Hall–Kier alpha value is -3.15. The zero-order valence-corrected chi connectivity index (χ0v) is 13.3. The molecule has 0 aliphatic heterocycles. The van der Waals surface area contributed by atoms with Gasteiger partial charge in [-0.15, -0.1) is 0 Å². The molecule has 3 aromatic heterocycles. The minimum absolute atomic E-state index is 0.0576. The summed E-state index contributed by atoms with van der Waals surface area (Å²) in [7, 11) is 0. The number of hydrogen-bond donors (Lipinski definition) is 2. The number of rotatable bonds is 3. The van der Waals surface area contributed by atoms with E-state index in [1.807, 2.05) is 19.9 Å². The number of nitriles is 1. The Morgan fingerprint density at radius 3 is 2.64 bits per heavy atom. The van der Waals surface area contributed by atoms with Crippen molar-refractivity contribution in [2.45, 2.75) is 26.1 Å². The number of anilines is 1. The van der Waals surface area contributed by atoms with E-state index in [1.165, 1.54) is 12.4 Å². The number of aromatic nitrogens is 4. The van der Waals surface area contributed by atoms with Gasteiger partial charge in [-0.05, 0) is 19.9 Å². The lowest BCUT2D eigenvalue weighted by Gasteiger charge is -2.10. The van der Waals surface area contributed by atoms with Gasteiger partial charge < -0.3 is 10.3 Å². The van der Waals surface area contributed by atoms with Gasteiger partial charge in [0.15, 0.2) is 0 Å². The van der Waals surface area contributed by atoms with E-state index in [1.54, 1.807) is 0 Å². The normalized spacial score (nSPS) is 11.7. The molecule has 0 atom stereocenters. The summed E-state index contributed by atoms with van der Waals surface area (Å²) in [6.45, 7) is 3.79. The van der Waals surface area contributed by atoms with Crippen molar-refractivity contribution in [2.75, 3.05) is 5.32 Å². The number of nitrogens with one attached hydrogen (secondary N) is 2. The lowest BCUT2D eigenvalue weighted by Crippen LogP contribution is -2.13. The maximum absolute atomic E-state index is 13.0. The van der Waals surface area contributed by atoms with Crippen molar-refractivity contribution in [3.8, 4) is 17.3 Å². The van der Waals surface area contributed by atoms with E-state index < -0.39 is 11.7 Å². The van der Waals surface area contributed by atoms with E-state index in [4.69, 9.17) is 0 Å². The number of aromatic amines is 1. The van der Waals surface area contributed by atoms with Crippen LogP contribution in [0.25, 0.3) is 22.3 Å². The predicted octanol–water partition coefficient (Wildman–Crippen LogP) is 3.73. The number of fused-ring (bicyclic) bond motifs is 1. The third-order valence-corrected chi connectivity index (χ3v) is 3.44. The van der Waals surface area contributed by atoms with Crippen molar-refractivity contribution >= 4 is 17.0 Å². The van der Waals surface area contributed by atoms with Crippen LogP contribution in [0.5, 0.6) is 0 Å². The highest BCUT2D eigenvalue weighted by Gasteiger charge is 2.31. The van der Waals surface area contributed by atoms with Crippen LogP contribution < -0.4 is 5.32 Å². The average Bonchev–Trinajstić information content (AvgIpc) is 2.96. The van der Waals surface area contributed by atoms with Crippen molar-refractivity contribution in [3.05, 3.63) is 35.8 Å². The van der Waals surface area contributed by atoms with E-state index in [-0.39, 0.29) is 28.3 Å². The summed E-state index contributed by atoms with van der Waals surface area (Å²) in [5.41, 5.74) is 0.179. The van der Waals surface area contributed by atoms with E-state index in [2.05, 4.69) is 25.3 Å². The standard InChI is InChI=1S/C16H13F3N6/c1-8(2)24-15-23-5-9(4-20)13(25-15)12-7-22-14-11(12)3-10(6-21-14)16(17,18)19/h3,5-8H,1-2H3,(H,21,22)(H,23,24,25). The summed E-state index contributed by atoms with van der Waals surface area (Å²) < 4.78 is 38.9. The van der Waals surface area contributed by atoms with Crippen LogP contribution in [0.4, 0.5) is 19.1 Å². The smallest absolute Gasteiger partial charge is 0.352 e. The van der Waals surface area contributed by atoms with Crippen LogP contribution in [0.15, 0.2) is 24.7 Å². The number of pyridine rings is 1. The van der Waals surface area contributed by atoms with Gasteiger partial charge in [-0.25, -0.2) is 15.0 Å². The molecule has 0 bridgehead atoms. The van der Waals surface area contributed by atoms with Crippen molar-refractivity contribution in [1.29, 1.82) is 5.26 Å². The summed E-state index contributed by atoms with van der Waals surface area (Å²) in [4.78, 5) is 15.0. The minimum Gasteiger partial charge on any atom is -0.352 e. The number of hydrogen-bond acceptors (Lipinski definition) is 5. The molecule has 6 nitrogen and oxygen atoms in total. The van der Waals surface area contributed by atoms with Crippen LogP contribution in [0.3, 0.4) is 0 Å². The highest BCUT2D eigenvalue weighted by atomic mass is 19.4. The van der Waals surface area contributed by atoms with Gasteiger partial charge in [0, 0.05) is 29.4 Å². The molecule has 0 saturated heterocycles. The Balaban J connectivity index is 2.20. The largest absolute Gasteiger partial charge is 0.417 e. The second-order valence-corrected chi connectivity index (χ2v) is 5.69. The maximum Gasteiger partial charge on any atom is 0.417 e. The molecule has 0 amide bonds. The van der Waals surface area contributed by atoms with Gasteiger partial charge in [-0.2, -0.15) is 18.4 Å². The Kier molecular flexibility index (Phi) is 4.04. The second-order valence-electron chi connectivity index (χ2n) is 5.69. The topological polar surface area (TPSA) is 90.3 Å². The highest BCUT2D eigenvalue weighted by molar-refractivity contribution is 5.94. The Bertz CT molecular complexity index is 968. The molecule has 9 heteroatoms. The molecule has 25 heavy (non-hydrogen) atoms. The Morgan fingerprint density at radius 1 is 1.24 bits per heavy atom. The second kappa shape index (κ2) is 6.05. The molecule has 0 aliphatic rings. The molecule has 0 radical (unpaired) electrons. The maximum atomic E-state index is 13.0. The molecule has 2 N–H and O–H groups in total. The van der Waals surface area contributed by atoms with Crippen molar-refractivity contribution in [2.24, 2.45) is 0 Å². The summed E-state index contributed by atoms with van der Waals surface area (Å²) in [6.07, 6.45) is -0.920. The first-order valence-electron chi connectivity index (χ1n) is 7.38. The first kappa shape index (κ1) is 16.7. The molecule has 0 saturated carbocycles. The van der Waals surface area contributed by atoms with Crippen molar-refractivity contribution in [1.82, 2.24) is 19.9 Å². The molecule has 128 valence electrons. The van der Waals surface area contributed by atoms with Gasteiger partial charge in [-0.3, -0.25) is 0 Å². The number of alkyl halides is 3. The predicted molar refractivity (Wildman–Crippen MR) is 85.6 cm³/mol. The van der Waals surface area contributed by atoms with Crippen LogP contribution in [0.2, 0.25) is 0 Å². The van der Waals surface area contributed by atoms with Gasteiger partial charge in [0.2, 0.25) is 5.95 Å². The molecule has 3 heterocycles. The fourth-order valence-electron chi connectivity index (χ4n) is 2.35. The molecule has 3 aromatic rings. The van der Waals surface area contributed by atoms with Crippen LogP contribution in [0.1, 0.15) is 25.0 Å². The third-order valence-electron chi connectivity index (χ3n) is 3.44. The zero-order valence-electron chi connectivity index (χ0n) is 13.3. The SMILES string of the molecule is CC(C)Nc1ncc(C#N)c(-c2c[nH]c3ncc(C(F)(F)F)cc23)n1. The molecule has 0 aromatic carbocycles. The Labute approximate surface area is 140 Å². The van der Waals surface area contributed by atoms with Gasteiger partial charge >= 0.3 is 6.18 Å². The van der Waals surface area contributed by atoms with E-state index >= 15 is 0 Å². The summed E-state index contributed by atoms with van der Waals surface area (Å²) in [5.74, 6) is 0.290. The molecule has 0 unspecified atom stereocenters. The van der Waals surface area contributed by atoms with Gasteiger partial charge in [-0.1, -0.05) is 0 Å². The molecule has 0 spiro atoms. The van der Waals surface area contributed by atoms with Crippen molar-refractivity contribution in [3.63, 3.8) is 0 Å². The molecular weight excluding hydrogens is 333 g/mol. The first-order chi connectivity index (χ1) is 11.8. The van der Waals surface area contributed by atoms with Crippen molar-refractivity contribution < 1.29 is 13.2 Å². The van der Waals surface area contributed by atoms with Gasteiger partial charge in [0.05, 0.1) is 23.0 Å².